The van der Waals surface area contributed by atoms with Crippen LogP contribution in [0.5, 0.6) is 0 Å². The minimum Gasteiger partial charge on any atom is -0.478 e. The third-order valence-corrected chi connectivity index (χ3v) is 2.46. The lowest BCUT2D eigenvalue weighted by Gasteiger charge is -2.16. The number of nitrogens with zero attached hydrogens (tertiary/aromatic N) is 1. The quantitative estimate of drug-likeness (QED) is 0.584. The van der Waals surface area contributed by atoms with Crippen molar-refractivity contribution in [1.29, 1.82) is 0 Å². The number of carbonyl (C=O) groups is 1. The summed E-state index contributed by atoms with van der Waals surface area (Å²) in [7, 11) is 0. The average molecular weight is 261 g/mol. The number of hydrogen-bond donors (Lipinski definition) is 4. The molecule has 1 aromatic rings. The molecule has 0 bridgehead atoms. The molecule has 1 rings (SSSR count). The highest BCUT2D eigenvalue weighted by atomic mass is 32.1. The first-order chi connectivity index (χ1) is 7.97. The van der Waals surface area contributed by atoms with Gasteiger partial charge in [0.15, 0.2) is 5.82 Å². The fraction of sp³-hybridized carbons (Fsp3) is 0.400. The van der Waals surface area contributed by atoms with Crippen molar-refractivity contribution >= 4 is 18.6 Å². The van der Waals surface area contributed by atoms with Gasteiger partial charge in [-0.25, -0.2) is 9.18 Å². The number of halogens is 1. The zero-order chi connectivity index (χ0) is 13.0. The summed E-state index contributed by atoms with van der Waals surface area (Å²) in [4.78, 5) is 14.2. The SMILES string of the molecule is O=C(O)c1cc(C(O)C(O)CCS)ncc1F. The number of aliphatic hydroxyl groups excluding tert-OH is 2. The summed E-state index contributed by atoms with van der Waals surface area (Å²) < 4.78 is 13.0. The Hall–Kier alpha value is -1.18. The van der Waals surface area contributed by atoms with E-state index in [0.29, 0.717) is 11.9 Å². The smallest absolute Gasteiger partial charge is 0.338 e. The molecule has 0 aliphatic heterocycles. The highest BCUT2D eigenvalue weighted by Gasteiger charge is 2.21. The Morgan fingerprint density at radius 1 is 1.53 bits per heavy atom. The minimum absolute atomic E-state index is 0.0851. The molecule has 1 aromatic heterocycles. The van der Waals surface area contributed by atoms with Gasteiger partial charge < -0.3 is 15.3 Å². The number of carboxylic acids is 1. The van der Waals surface area contributed by atoms with Gasteiger partial charge in [0.25, 0.3) is 0 Å². The Morgan fingerprint density at radius 2 is 2.18 bits per heavy atom. The zero-order valence-electron chi connectivity index (χ0n) is 8.75. The molecule has 0 radical (unpaired) electrons. The van der Waals surface area contributed by atoms with Crippen molar-refractivity contribution < 1.29 is 24.5 Å². The summed E-state index contributed by atoms with van der Waals surface area (Å²) >= 11 is 3.89. The van der Waals surface area contributed by atoms with Crippen LogP contribution in [0.1, 0.15) is 28.6 Å². The summed E-state index contributed by atoms with van der Waals surface area (Å²) in [6.07, 6.45) is -1.56. The normalized spacial score (nSPS) is 14.4. The van der Waals surface area contributed by atoms with Gasteiger partial charge in [-0.2, -0.15) is 12.6 Å². The van der Waals surface area contributed by atoms with E-state index in [1.165, 1.54) is 0 Å². The first-order valence-electron chi connectivity index (χ1n) is 4.83. The lowest BCUT2D eigenvalue weighted by Crippen LogP contribution is -2.20. The van der Waals surface area contributed by atoms with E-state index in [-0.39, 0.29) is 12.1 Å². The predicted octanol–water partition coefficient (Wildman–Crippen LogP) is 0.633. The van der Waals surface area contributed by atoms with Crippen molar-refractivity contribution in [2.75, 3.05) is 5.75 Å². The van der Waals surface area contributed by atoms with Crippen LogP contribution in [-0.4, -0.2) is 38.1 Å². The number of aromatic nitrogens is 1. The Balaban J connectivity index is 2.99. The van der Waals surface area contributed by atoms with Crippen LogP contribution in [-0.2, 0) is 0 Å². The molecule has 2 unspecified atom stereocenters. The Morgan fingerprint density at radius 3 is 2.71 bits per heavy atom. The fourth-order valence-corrected chi connectivity index (χ4v) is 1.53. The maximum atomic E-state index is 13.0. The molecule has 2 atom stereocenters. The highest BCUT2D eigenvalue weighted by Crippen LogP contribution is 2.19. The predicted molar refractivity (Wildman–Crippen MR) is 60.6 cm³/mol. The van der Waals surface area contributed by atoms with Gasteiger partial charge >= 0.3 is 5.97 Å². The van der Waals surface area contributed by atoms with Crippen LogP contribution in [0.2, 0.25) is 0 Å². The summed E-state index contributed by atoms with van der Waals surface area (Å²) in [6.45, 7) is 0. The Labute approximate surface area is 102 Å². The Kier molecular flexibility index (Phi) is 4.86. The molecule has 5 nitrogen and oxygen atoms in total. The van der Waals surface area contributed by atoms with Crippen LogP contribution < -0.4 is 0 Å². The van der Waals surface area contributed by atoms with Crippen LogP contribution in [0, 0.1) is 5.82 Å². The molecule has 0 saturated carbocycles. The Bertz CT molecular complexity index is 415. The highest BCUT2D eigenvalue weighted by molar-refractivity contribution is 7.80. The second kappa shape index (κ2) is 5.95. The second-order valence-electron chi connectivity index (χ2n) is 3.42. The van der Waals surface area contributed by atoms with Gasteiger partial charge in [0.2, 0.25) is 0 Å². The third-order valence-electron chi connectivity index (χ3n) is 2.20. The van der Waals surface area contributed by atoms with E-state index >= 15 is 0 Å². The molecule has 0 amide bonds. The van der Waals surface area contributed by atoms with E-state index in [4.69, 9.17) is 5.11 Å². The zero-order valence-corrected chi connectivity index (χ0v) is 9.64. The number of thiol groups is 1. The first-order valence-corrected chi connectivity index (χ1v) is 5.46. The van der Waals surface area contributed by atoms with Gasteiger partial charge in [-0.3, -0.25) is 4.98 Å². The topological polar surface area (TPSA) is 90.7 Å². The van der Waals surface area contributed by atoms with Gasteiger partial charge in [-0.1, -0.05) is 0 Å². The average Bonchev–Trinajstić information content (AvgIpc) is 2.28. The molecular weight excluding hydrogens is 249 g/mol. The van der Waals surface area contributed by atoms with Crippen LogP contribution in [0.15, 0.2) is 12.3 Å². The van der Waals surface area contributed by atoms with Crippen LogP contribution >= 0.6 is 12.6 Å². The standard InChI is InChI=1S/C10H12FNO4S/c11-6-4-12-7(3-5(6)10(15)16)9(14)8(13)1-2-17/h3-4,8-9,13-14,17H,1-2H2,(H,15,16). The molecule has 17 heavy (non-hydrogen) atoms. The van der Waals surface area contributed by atoms with Gasteiger partial charge in [0.05, 0.1) is 23.6 Å². The van der Waals surface area contributed by atoms with E-state index in [1.807, 2.05) is 0 Å². The maximum absolute atomic E-state index is 13.0. The van der Waals surface area contributed by atoms with Crippen molar-refractivity contribution in [2.45, 2.75) is 18.6 Å². The van der Waals surface area contributed by atoms with Crippen molar-refractivity contribution in [3.05, 3.63) is 29.3 Å². The molecule has 0 spiro atoms. The molecular formula is C10H12FNO4S. The van der Waals surface area contributed by atoms with Gasteiger partial charge in [-0.15, -0.1) is 0 Å². The van der Waals surface area contributed by atoms with E-state index in [2.05, 4.69) is 17.6 Å². The van der Waals surface area contributed by atoms with E-state index in [9.17, 15) is 19.4 Å². The van der Waals surface area contributed by atoms with Gasteiger partial charge in [0, 0.05) is 0 Å². The van der Waals surface area contributed by atoms with Gasteiger partial charge in [0.1, 0.15) is 6.10 Å². The van der Waals surface area contributed by atoms with Crippen molar-refractivity contribution in [2.24, 2.45) is 0 Å². The molecule has 0 fully saturated rings. The van der Waals surface area contributed by atoms with Crippen LogP contribution in [0.4, 0.5) is 4.39 Å². The monoisotopic (exact) mass is 261 g/mol. The summed E-state index contributed by atoms with van der Waals surface area (Å²) in [5.41, 5.74) is -0.676. The lowest BCUT2D eigenvalue weighted by molar-refractivity contribution is 0.0145. The van der Waals surface area contributed by atoms with E-state index in [1.54, 1.807) is 0 Å². The van der Waals surface area contributed by atoms with E-state index in [0.717, 1.165) is 6.07 Å². The van der Waals surface area contributed by atoms with Crippen LogP contribution in [0.3, 0.4) is 0 Å². The van der Waals surface area contributed by atoms with Crippen LogP contribution in [0.25, 0.3) is 0 Å². The minimum atomic E-state index is -1.46. The largest absolute Gasteiger partial charge is 0.478 e. The molecule has 7 heteroatoms. The molecule has 0 aliphatic rings. The molecule has 1 heterocycles. The molecule has 3 N–H and O–H groups in total. The lowest BCUT2D eigenvalue weighted by atomic mass is 10.1. The number of pyridine rings is 1. The molecule has 94 valence electrons. The first kappa shape index (κ1) is 13.9. The summed E-state index contributed by atoms with van der Waals surface area (Å²) in [6, 6.07) is 0.907. The fourth-order valence-electron chi connectivity index (χ4n) is 1.27. The summed E-state index contributed by atoms with van der Waals surface area (Å²) in [5.74, 6) is -2.09. The number of aliphatic hydroxyl groups is 2. The molecule has 0 saturated heterocycles. The second-order valence-corrected chi connectivity index (χ2v) is 3.87. The van der Waals surface area contributed by atoms with Crippen molar-refractivity contribution in [3.8, 4) is 0 Å². The van der Waals surface area contributed by atoms with Crippen molar-refractivity contribution in [3.63, 3.8) is 0 Å². The number of carboxylic acid groups (broad SMARTS) is 1. The molecule has 0 aliphatic carbocycles. The van der Waals surface area contributed by atoms with Crippen molar-refractivity contribution in [1.82, 2.24) is 4.98 Å². The number of aromatic carboxylic acids is 1. The maximum Gasteiger partial charge on any atom is 0.338 e. The van der Waals surface area contributed by atoms with Gasteiger partial charge in [-0.05, 0) is 18.2 Å². The van der Waals surface area contributed by atoms with E-state index < -0.39 is 29.6 Å². The third kappa shape index (κ3) is 3.39. The molecule has 0 aromatic carbocycles. The summed E-state index contributed by atoms with van der Waals surface area (Å²) in [5, 5.41) is 27.8. The number of hydrogen-bond acceptors (Lipinski definition) is 5. The number of rotatable bonds is 5.